The molecule has 0 aliphatic rings. The van der Waals surface area contributed by atoms with Gasteiger partial charge in [0.15, 0.2) is 7.36 Å². The molecule has 0 aromatic rings. The second kappa shape index (κ2) is 8.68. The van der Waals surface area contributed by atoms with Crippen molar-refractivity contribution in [1.82, 2.24) is 23.8 Å². The van der Waals surface area contributed by atoms with Crippen LogP contribution in [0, 0.1) is 0 Å². The van der Waals surface area contributed by atoms with Crippen LogP contribution >= 0.6 is 15.2 Å². The largest absolute Gasteiger partial charge is 0.352 e. The smallest absolute Gasteiger partial charge is 0.292 e. The highest BCUT2D eigenvalue weighted by Gasteiger charge is 2.48. The summed E-state index contributed by atoms with van der Waals surface area (Å²) in [7, 11) is 14.5. The number of rotatable bonds is 8. The Hall–Kier alpha value is 0.130. The van der Waals surface area contributed by atoms with E-state index in [0.29, 0.717) is 0 Å². The first-order valence-corrected chi connectivity index (χ1v) is 10.4. The summed E-state index contributed by atoms with van der Waals surface area (Å²) in [4.78, 5) is 4.31. The lowest BCUT2D eigenvalue weighted by molar-refractivity contribution is 0.526. The van der Waals surface area contributed by atoms with Crippen LogP contribution in [-0.4, -0.2) is 94.6 Å². The lowest BCUT2D eigenvalue weighted by atomic mass is 10.8. The summed E-state index contributed by atoms with van der Waals surface area (Å²) < 4.78 is 14.2. The van der Waals surface area contributed by atoms with Gasteiger partial charge in [-0.15, -0.1) is 14.4 Å². The molecule has 0 bridgehead atoms. The highest BCUT2D eigenvalue weighted by molar-refractivity contribution is 7.83. The molecule has 0 saturated carbocycles. The van der Waals surface area contributed by atoms with E-state index in [-0.39, 0.29) is 0 Å². The summed E-state index contributed by atoms with van der Waals surface area (Å²) in [6, 6.07) is 0. The SMILES string of the molecule is CCN[P+](N=P(C=NC)(N(C)C)N(C)C)(N(C)C)N(C)C. The molecule has 0 aromatic carbocycles. The first kappa shape index (κ1) is 21.1. The van der Waals surface area contributed by atoms with Crippen molar-refractivity contribution in [2.24, 2.45) is 9.51 Å². The molecule has 7 nitrogen and oxygen atoms in total. The summed E-state index contributed by atoms with van der Waals surface area (Å²) in [5.74, 6) is 2.01. The van der Waals surface area contributed by atoms with Gasteiger partial charge < -0.3 is 0 Å². The van der Waals surface area contributed by atoms with Gasteiger partial charge in [0.25, 0.3) is 0 Å². The van der Waals surface area contributed by atoms with Gasteiger partial charge in [-0.3, -0.25) is 14.3 Å². The van der Waals surface area contributed by atoms with Crippen LogP contribution in [0.15, 0.2) is 9.51 Å². The molecule has 21 heavy (non-hydrogen) atoms. The molecular weight excluding hydrogens is 304 g/mol. The molecule has 0 aliphatic carbocycles. The number of hydrogen-bond acceptors (Lipinski definition) is 5. The maximum absolute atomic E-state index is 5.38. The van der Waals surface area contributed by atoms with Gasteiger partial charge in [0.1, 0.15) is 0 Å². The van der Waals surface area contributed by atoms with E-state index in [4.69, 9.17) is 4.52 Å². The van der Waals surface area contributed by atoms with Crippen molar-refractivity contribution < 1.29 is 0 Å². The molecule has 0 atom stereocenters. The van der Waals surface area contributed by atoms with E-state index in [1.54, 1.807) is 0 Å². The zero-order valence-corrected chi connectivity index (χ0v) is 17.2. The average molecular weight is 338 g/mol. The molecule has 0 rings (SSSR count). The molecule has 0 unspecified atom stereocenters. The van der Waals surface area contributed by atoms with Crippen molar-refractivity contribution in [3.05, 3.63) is 0 Å². The molecular formula is C12H34N7P2+. The van der Waals surface area contributed by atoms with Crippen LogP contribution in [0.1, 0.15) is 6.92 Å². The van der Waals surface area contributed by atoms with Crippen molar-refractivity contribution in [1.29, 1.82) is 0 Å². The minimum Gasteiger partial charge on any atom is -0.292 e. The normalized spacial score (nSPS) is 14.2. The fraction of sp³-hybridized carbons (Fsp3) is 0.917. The zero-order valence-electron chi connectivity index (χ0n) is 15.4. The van der Waals surface area contributed by atoms with Gasteiger partial charge in [-0.1, -0.05) is 4.52 Å². The topological polar surface area (TPSA) is 49.7 Å². The quantitative estimate of drug-likeness (QED) is 0.543. The molecule has 0 aromatic heterocycles. The Morgan fingerprint density at radius 1 is 0.952 bits per heavy atom. The molecule has 0 heterocycles. The van der Waals surface area contributed by atoms with Crippen LogP contribution in [0.3, 0.4) is 0 Å². The van der Waals surface area contributed by atoms with Crippen LogP contribution in [-0.2, 0) is 0 Å². The van der Waals surface area contributed by atoms with Crippen molar-refractivity contribution >= 4 is 21.2 Å². The highest BCUT2D eigenvalue weighted by Crippen LogP contribution is 2.69. The summed E-state index contributed by atoms with van der Waals surface area (Å²) in [6.45, 7) is 2.99. The van der Waals surface area contributed by atoms with Gasteiger partial charge in [-0.05, 0) is 35.1 Å². The molecule has 1 N–H and O–H groups in total. The molecule has 0 saturated heterocycles. The number of nitrogens with one attached hydrogen (secondary N) is 1. The lowest BCUT2D eigenvalue weighted by Crippen LogP contribution is -2.36. The summed E-state index contributed by atoms with van der Waals surface area (Å²) in [5.41, 5.74) is 0. The van der Waals surface area contributed by atoms with Gasteiger partial charge >= 0.3 is 7.87 Å². The van der Waals surface area contributed by atoms with Crippen LogP contribution < -0.4 is 5.09 Å². The van der Waals surface area contributed by atoms with Crippen molar-refractivity contribution in [3.63, 3.8) is 0 Å². The fourth-order valence-electron chi connectivity index (χ4n) is 2.13. The third-order valence-corrected chi connectivity index (χ3v) is 11.1. The Labute approximate surface area is 132 Å². The Kier molecular flexibility index (Phi) is 8.74. The lowest BCUT2D eigenvalue weighted by Gasteiger charge is -2.37. The van der Waals surface area contributed by atoms with Gasteiger partial charge in [0.2, 0.25) is 0 Å². The van der Waals surface area contributed by atoms with E-state index in [1.165, 1.54) is 0 Å². The maximum Gasteiger partial charge on any atom is 0.352 e. The summed E-state index contributed by atoms with van der Waals surface area (Å²) in [5, 5.41) is 3.63. The summed E-state index contributed by atoms with van der Waals surface area (Å²) >= 11 is 0. The molecule has 126 valence electrons. The first-order valence-electron chi connectivity index (χ1n) is 7.03. The van der Waals surface area contributed by atoms with Crippen LogP contribution in [0.4, 0.5) is 0 Å². The van der Waals surface area contributed by atoms with Gasteiger partial charge in [-0.25, -0.2) is 0 Å². The van der Waals surface area contributed by atoms with E-state index in [1.807, 2.05) is 13.0 Å². The van der Waals surface area contributed by atoms with Crippen molar-refractivity contribution in [3.8, 4) is 0 Å². The first-order chi connectivity index (χ1) is 9.60. The standard InChI is InChI=1S/C12H34N7P2/c1-11-14-21(18(7)8,19(9)10)15-20(12-13-2,16(3)4)17(5)6/h12,14H,11H2,1-10H3/q+1. The van der Waals surface area contributed by atoms with Gasteiger partial charge in [0, 0.05) is 41.8 Å². The highest BCUT2D eigenvalue weighted by atomic mass is 31.2. The molecule has 0 amide bonds. The third-order valence-electron chi connectivity index (χ3n) is 3.19. The van der Waals surface area contributed by atoms with Gasteiger partial charge in [-0.2, -0.15) is 0 Å². The second-order valence-corrected chi connectivity index (χ2v) is 12.4. The van der Waals surface area contributed by atoms with Crippen molar-refractivity contribution in [2.75, 3.05) is 70.0 Å². The summed E-state index contributed by atoms with van der Waals surface area (Å²) in [6.07, 6.45) is 0. The Bertz CT molecular complexity index is 371. The van der Waals surface area contributed by atoms with E-state index >= 15 is 0 Å². The number of nitrogens with zero attached hydrogens (tertiary/aromatic N) is 6. The molecule has 9 heteroatoms. The predicted molar refractivity (Wildman–Crippen MR) is 99.1 cm³/mol. The minimum absolute atomic E-state index is 0.873. The minimum atomic E-state index is -2.00. The van der Waals surface area contributed by atoms with E-state index in [9.17, 15) is 0 Å². The van der Waals surface area contributed by atoms with E-state index in [2.05, 4.69) is 92.1 Å². The number of aliphatic imine (C=N–C) groups is 1. The number of hydrogen-bond donors (Lipinski definition) is 1. The predicted octanol–water partition coefficient (Wildman–Crippen LogP) is 2.21. The van der Waals surface area contributed by atoms with Crippen LogP contribution in [0.25, 0.3) is 0 Å². The van der Waals surface area contributed by atoms with Crippen molar-refractivity contribution in [2.45, 2.75) is 6.92 Å². The van der Waals surface area contributed by atoms with Gasteiger partial charge in [0.05, 0.1) is 5.96 Å². The fourth-order valence-corrected chi connectivity index (χ4v) is 9.74. The average Bonchev–Trinajstić information content (AvgIpc) is 2.35. The monoisotopic (exact) mass is 338 g/mol. The Morgan fingerprint density at radius 2 is 1.38 bits per heavy atom. The third kappa shape index (κ3) is 4.55. The second-order valence-electron chi connectivity index (χ2n) is 5.55. The zero-order chi connectivity index (χ0) is 16.8. The maximum atomic E-state index is 5.38. The Morgan fingerprint density at radius 3 is 1.62 bits per heavy atom. The molecule has 0 spiro atoms. The molecule has 0 aliphatic heterocycles. The van der Waals surface area contributed by atoms with E-state index < -0.39 is 15.2 Å². The van der Waals surface area contributed by atoms with Crippen LogP contribution in [0.2, 0.25) is 0 Å². The van der Waals surface area contributed by atoms with Crippen LogP contribution in [0.5, 0.6) is 0 Å². The Balaban J connectivity index is 6.43. The van der Waals surface area contributed by atoms with E-state index in [0.717, 1.165) is 6.54 Å². The molecule has 0 fully saturated rings. The molecule has 0 radical (unpaired) electrons.